The molecule has 0 aliphatic heterocycles. The minimum Gasteiger partial charge on any atom is -0.330 e. The lowest BCUT2D eigenvalue weighted by molar-refractivity contribution is -0.130. The summed E-state index contributed by atoms with van der Waals surface area (Å²) < 4.78 is 0. The number of nitriles is 1. The minimum absolute atomic E-state index is 0.0951. The molecule has 0 fully saturated rings. The second-order valence-corrected chi connectivity index (χ2v) is 3.50. The predicted molar refractivity (Wildman–Crippen MR) is 51.9 cm³/mol. The van der Waals surface area contributed by atoms with Crippen molar-refractivity contribution in [1.82, 2.24) is 4.90 Å². The van der Waals surface area contributed by atoms with E-state index in [4.69, 9.17) is 5.26 Å². The highest BCUT2D eigenvalue weighted by atomic mass is 16.2. The molecule has 0 saturated carbocycles. The Labute approximate surface area is 80.3 Å². The van der Waals surface area contributed by atoms with Crippen LogP contribution in [0.2, 0.25) is 0 Å². The van der Waals surface area contributed by atoms with Gasteiger partial charge in [-0.05, 0) is 19.3 Å². The van der Waals surface area contributed by atoms with Gasteiger partial charge in [-0.25, -0.2) is 0 Å². The summed E-state index contributed by atoms with van der Waals surface area (Å²) in [4.78, 5) is 13.0. The topological polar surface area (TPSA) is 44.1 Å². The van der Waals surface area contributed by atoms with Crippen molar-refractivity contribution in [2.75, 3.05) is 13.1 Å². The Morgan fingerprint density at radius 2 is 2.15 bits per heavy atom. The number of hydrogen-bond donors (Lipinski definition) is 0. The first kappa shape index (κ1) is 12.0. The highest BCUT2D eigenvalue weighted by molar-refractivity contribution is 5.76. The molecule has 0 aliphatic rings. The monoisotopic (exact) mass is 182 g/mol. The Morgan fingerprint density at radius 3 is 2.54 bits per heavy atom. The zero-order valence-corrected chi connectivity index (χ0v) is 8.71. The molecule has 1 amide bonds. The Morgan fingerprint density at radius 1 is 1.54 bits per heavy atom. The number of hydrogen-bond acceptors (Lipinski definition) is 2. The summed E-state index contributed by atoms with van der Waals surface area (Å²) in [5, 5.41) is 8.45. The summed E-state index contributed by atoms with van der Waals surface area (Å²) >= 11 is 0. The van der Waals surface area contributed by atoms with Crippen molar-refractivity contribution in [2.24, 2.45) is 5.92 Å². The van der Waals surface area contributed by atoms with Crippen LogP contribution in [0.25, 0.3) is 0 Å². The molecule has 0 heterocycles. The maximum Gasteiger partial charge on any atom is 0.223 e. The van der Waals surface area contributed by atoms with Gasteiger partial charge in [0.1, 0.15) is 6.54 Å². The van der Waals surface area contributed by atoms with Crippen molar-refractivity contribution in [3.05, 3.63) is 0 Å². The van der Waals surface area contributed by atoms with E-state index in [1.165, 1.54) is 0 Å². The van der Waals surface area contributed by atoms with Gasteiger partial charge in [-0.3, -0.25) is 4.79 Å². The maximum absolute atomic E-state index is 11.4. The summed E-state index contributed by atoms with van der Waals surface area (Å²) in [6, 6.07) is 1.99. The van der Waals surface area contributed by atoms with Crippen molar-refractivity contribution in [3.63, 3.8) is 0 Å². The number of rotatable bonds is 5. The van der Waals surface area contributed by atoms with Crippen molar-refractivity contribution in [2.45, 2.75) is 33.6 Å². The first-order valence-corrected chi connectivity index (χ1v) is 4.76. The SMILES string of the molecule is CCN(CC#N)C(=O)CCC(C)C. The number of carbonyl (C=O) groups excluding carboxylic acids is 1. The van der Waals surface area contributed by atoms with Gasteiger partial charge in [0.2, 0.25) is 5.91 Å². The molecule has 0 N–H and O–H groups in total. The highest BCUT2D eigenvalue weighted by Gasteiger charge is 2.10. The lowest BCUT2D eigenvalue weighted by Crippen LogP contribution is -2.31. The highest BCUT2D eigenvalue weighted by Crippen LogP contribution is 2.05. The van der Waals surface area contributed by atoms with Crippen LogP contribution in [-0.2, 0) is 4.79 Å². The van der Waals surface area contributed by atoms with Gasteiger partial charge in [-0.1, -0.05) is 13.8 Å². The molecule has 0 radical (unpaired) electrons. The third-order valence-electron chi connectivity index (χ3n) is 1.93. The normalized spacial score (nSPS) is 9.77. The van der Waals surface area contributed by atoms with Crippen LogP contribution in [0.1, 0.15) is 33.6 Å². The van der Waals surface area contributed by atoms with Crippen LogP contribution in [0.15, 0.2) is 0 Å². The molecule has 0 rings (SSSR count). The molecule has 0 aromatic carbocycles. The fourth-order valence-electron chi connectivity index (χ4n) is 1.03. The van der Waals surface area contributed by atoms with Gasteiger partial charge in [0, 0.05) is 13.0 Å². The van der Waals surface area contributed by atoms with Gasteiger partial charge in [0.15, 0.2) is 0 Å². The Bertz CT molecular complexity index is 194. The third-order valence-corrected chi connectivity index (χ3v) is 1.93. The first-order valence-electron chi connectivity index (χ1n) is 4.76. The second-order valence-electron chi connectivity index (χ2n) is 3.50. The third kappa shape index (κ3) is 5.24. The van der Waals surface area contributed by atoms with E-state index in [1.807, 2.05) is 13.0 Å². The average molecular weight is 182 g/mol. The van der Waals surface area contributed by atoms with Crippen LogP contribution in [0, 0.1) is 17.2 Å². The molecule has 74 valence electrons. The molecular formula is C10H18N2O. The molecule has 0 spiro atoms. The summed E-state index contributed by atoms with van der Waals surface area (Å²) in [6.07, 6.45) is 1.47. The van der Waals surface area contributed by atoms with Crippen LogP contribution in [0.3, 0.4) is 0 Å². The van der Waals surface area contributed by atoms with Crippen molar-refractivity contribution in [1.29, 1.82) is 5.26 Å². The molecule has 0 saturated heterocycles. The van der Waals surface area contributed by atoms with E-state index in [1.54, 1.807) is 4.90 Å². The van der Waals surface area contributed by atoms with E-state index in [9.17, 15) is 4.79 Å². The average Bonchev–Trinajstić information content (AvgIpc) is 2.10. The van der Waals surface area contributed by atoms with Gasteiger partial charge in [-0.2, -0.15) is 5.26 Å². The Balaban J connectivity index is 3.86. The molecule has 0 aliphatic carbocycles. The second kappa shape index (κ2) is 6.47. The molecule has 0 atom stereocenters. The number of carbonyl (C=O) groups is 1. The van der Waals surface area contributed by atoms with Crippen LogP contribution in [0.5, 0.6) is 0 Å². The fourth-order valence-corrected chi connectivity index (χ4v) is 1.03. The number of amides is 1. The standard InChI is InChI=1S/C10H18N2O/c1-4-12(8-7-11)10(13)6-5-9(2)3/h9H,4-6,8H2,1-3H3. The van der Waals surface area contributed by atoms with E-state index in [0.717, 1.165) is 6.42 Å². The van der Waals surface area contributed by atoms with Gasteiger partial charge < -0.3 is 4.90 Å². The van der Waals surface area contributed by atoms with E-state index >= 15 is 0 Å². The van der Waals surface area contributed by atoms with E-state index in [0.29, 0.717) is 18.9 Å². The van der Waals surface area contributed by atoms with Crippen LogP contribution in [-0.4, -0.2) is 23.9 Å². The summed E-state index contributed by atoms with van der Waals surface area (Å²) in [7, 11) is 0. The molecular weight excluding hydrogens is 164 g/mol. The molecule has 0 aromatic rings. The van der Waals surface area contributed by atoms with Gasteiger partial charge in [-0.15, -0.1) is 0 Å². The van der Waals surface area contributed by atoms with Gasteiger partial charge >= 0.3 is 0 Å². The summed E-state index contributed by atoms with van der Waals surface area (Å²) in [6.45, 7) is 6.92. The maximum atomic E-state index is 11.4. The largest absolute Gasteiger partial charge is 0.330 e. The van der Waals surface area contributed by atoms with Crippen LogP contribution >= 0.6 is 0 Å². The van der Waals surface area contributed by atoms with Crippen LogP contribution < -0.4 is 0 Å². The first-order chi connectivity index (χ1) is 6.11. The van der Waals surface area contributed by atoms with Crippen LogP contribution in [0.4, 0.5) is 0 Å². The molecule has 13 heavy (non-hydrogen) atoms. The predicted octanol–water partition coefficient (Wildman–Crippen LogP) is 1.79. The van der Waals surface area contributed by atoms with Crippen molar-refractivity contribution < 1.29 is 4.79 Å². The lowest BCUT2D eigenvalue weighted by atomic mass is 10.1. The lowest BCUT2D eigenvalue weighted by Gasteiger charge is -2.17. The van der Waals surface area contributed by atoms with Crippen molar-refractivity contribution in [3.8, 4) is 6.07 Å². The van der Waals surface area contributed by atoms with Crippen molar-refractivity contribution >= 4 is 5.91 Å². The Hall–Kier alpha value is -1.04. The Kier molecular flexibility index (Phi) is 5.96. The van der Waals surface area contributed by atoms with Gasteiger partial charge in [0.05, 0.1) is 6.07 Å². The smallest absolute Gasteiger partial charge is 0.223 e. The summed E-state index contributed by atoms with van der Waals surface area (Å²) in [5.74, 6) is 0.641. The van der Waals surface area contributed by atoms with Gasteiger partial charge in [0.25, 0.3) is 0 Å². The van der Waals surface area contributed by atoms with E-state index in [2.05, 4.69) is 13.8 Å². The molecule has 0 aromatic heterocycles. The zero-order valence-electron chi connectivity index (χ0n) is 8.71. The molecule has 0 bridgehead atoms. The molecule has 0 unspecified atom stereocenters. The number of nitrogens with zero attached hydrogens (tertiary/aromatic N) is 2. The zero-order chi connectivity index (χ0) is 10.3. The van der Waals surface area contributed by atoms with E-state index in [-0.39, 0.29) is 12.5 Å². The fraction of sp³-hybridized carbons (Fsp3) is 0.800. The molecule has 3 nitrogen and oxygen atoms in total. The quantitative estimate of drug-likeness (QED) is 0.608. The minimum atomic E-state index is 0.0951. The summed E-state index contributed by atoms with van der Waals surface area (Å²) in [5.41, 5.74) is 0. The molecule has 3 heteroatoms. The van der Waals surface area contributed by atoms with E-state index < -0.39 is 0 Å².